The summed E-state index contributed by atoms with van der Waals surface area (Å²) >= 11 is 5.78. The lowest BCUT2D eigenvalue weighted by atomic mass is 10.2. The zero-order valence-electron chi connectivity index (χ0n) is 8.63. The first-order valence-electron chi connectivity index (χ1n) is 4.84. The van der Waals surface area contributed by atoms with Crippen molar-refractivity contribution in [1.82, 2.24) is 5.32 Å². The van der Waals surface area contributed by atoms with Crippen LogP contribution in [0.5, 0.6) is 0 Å². The van der Waals surface area contributed by atoms with Crippen molar-refractivity contribution in [2.45, 2.75) is 19.9 Å². The van der Waals surface area contributed by atoms with Crippen LogP contribution in [0.3, 0.4) is 0 Å². The Bertz CT molecular complexity index is 288. The molecule has 0 bridgehead atoms. The number of benzene rings is 1. The van der Waals surface area contributed by atoms with Gasteiger partial charge in [0.15, 0.2) is 0 Å². The normalized spacial score (nSPS) is 11.4. The van der Waals surface area contributed by atoms with Crippen LogP contribution in [0.1, 0.15) is 19.4 Å². The zero-order valence-corrected chi connectivity index (χ0v) is 9.38. The van der Waals surface area contributed by atoms with E-state index in [0.29, 0.717) is 6.04 Å². The number of hydrogen-bond donors (Lipinski definition) is 1. The molecule has 2 heteroatoms. The minimum atomic E-state index is 0.532. The van der Waals surface area contributed by atoms with Gasteiger partial charge in [-0.2, -0.15) is 0 Å². The summed E-state index contributed by atoms with van der Waals surface area (Å²) in [5.74, 6) is 0. The van der Waals surface area contributed by atoms with Crippen LogP contribution >= 0.6 is 11.6 Å². The van der Waals surface area contributed by atoms with Crippen LogP contribution in [0.2, 0.25) is 5.02 Å². The summed E-state index contributed by atoms with van der Waals surface area (Å²) in [6, 6.07) is 8.35. The average molecular weight is 210 g/mol. The lowest BCUT2D eigenvalue weighted by Crippen LogP contribution is -2.22. The maximum atomic E-state index is 5.78. The summed E-state index contributed by atoms with van der Waals surface area (Å²) in [4.78, 5) is 0. The Hall–Kier alpha value is -0.790. The SMILES string of the molecule is CC(C)NC/C=C/c1ccc(Cl)cc1. The molecule has 0 atom stereocenters. The summed E-state index contributed by atoms with van der Waals surface area (Å²) in [7, 11) is 0. The van der Waals surface area contributed by atoms with Gasteiger partial charge in [-0.3, -0.25) is 0 Å². The van der Waals surface area contributed by atoms with E-state index in [9.17, 15) is 0 Å². The van der Waals surface area contributed by atoms with Crippen molar-refractivity contribution in [3.63, 3.8) is 0 Å². The lowest BCUT2D eigenvalue weighted by Gasteiger charge is -2.03. The lowest BCUT2D eigenvalue weighted by molar-refractivity contribution is 0.633. The molecule has 0 heterocycles. The Labute approximate surface area is 90.8 Å². The molecule has 14 heavy (non-hydrogen) atoms. The smallest absolute Gasteiger partial charge is 0.0406 e. The van der Waals surface area contributed by atoms with Gasteiger partial charge in [-0.15, -0.1) is 0 Å². The van der Waals surface area contributed by atoms with Crippen molar-refractivity contribution >= 4 is 17.7 Å². The molecule has 0 saturated carbocycles. The zero-order chi connectivity index (χ0) is 10.4. The van der Waals surface area contributed by atoms with E-state index in [1.165, 1.54) is 5.56 Å². The average Bonchev–Trinajstić information content (AvgIpc) is 2.15. The van der Waals surface area contributed by atoms with Gasteiger partial charge in [-0.05, 0) is 17.7 Å². The largest absolute Gasteiger partial charge is 0.311 e. The fourth-order valence-corrected chi connectivity index (χ4v) is 1.20. The molecule has 0 spiro atoms. The monoisotopic (exact) mass is 209 g/mol. The predicted molar refractivity (Wildman–Crippen MR) is 63.6 cm³/mol. The molecular weight excluding hydrogens is 194 g/mol. The molecule has 0 aliphatic rings. The van der Waals surface area contributed by atoms with E-state index in [-0.39, 0.29) is 0 Å². The molecule has 0 aliphatic carbocycles. The van der Waals surface area contributed by atoms with Gasteiger partial charge in [0.1, 0.15) is 0 Å². The van der Waals surface area contributed by atoms with Crippen LogP contribution < -0.4 is 5.32 Å². The topological polar surface area (TPSA) is 12.0 Å². The van der Waals surface area contributed by atoms with Crippen molar-refractivity contribution < 1.29 is 0 Å². The van der Waals surface area contributed by atoms with E-state index < -0.39 is 0 Å². The molecular formula is C12H16ClN. The molecule has 1 aromatic rings. The van der Waals surface area contributed by atoms with E-state index >= 15 is 0 Å². The third-order valence-corrected chi connectivity index (χ3v) is 2.08. The van der Waals surface area contributed by atoms with Crippen molar-refractivity contribution in [2.24, 2.45) is 0 Å². The van der Waals surface area contributed by atoms with Crippen LogP contribution in [-0.4, -0.2) is 12.6 Å². The first-order chi connectivity index (χ1) is 6.68. The van der Waals surface area contributed by atoms with Gasteiger partial charge in [0.05, 0.1) is 0 Å². The van der Waals surface area contributed by atoms with Gasteiger partial charge in [-0.25, -0.2) is 0 Å². The van der Waals surface area contributed by atoms with Crippen molar-refractivity contribution in [1.29, 1.82) is 0 Å². The number of halogens is 1. The maximum absolute atomic E-state index is 5.78. The Morgan fingerprint density at radius 3 is 2.50 bits per heavy atom. The molecule has 1 nitrogen and oxygen atoms in total. The Morgan fingerprint density at radius 2 is 1.93 bits per heavy atom. The van der Waals surface area contributed by atoms with Gasteiger partial charge in [0, 0.05) is 17.6 Å². The highest BCUT2D eigenvalue weighted by Crippen LogP contribution is 2.10. The second-order valence-electron chi connectivity index (χ2n) is 3.52. The highest BCUT2D eigenvalue weighted by atomic mass is 35.5. The van der Waals surface area contributed by atoms with E-state index in [4.69, 9.17) is 11.6 Å². The third kappa shape index (κ3) is 4.45. The van der Waals surface area contributed by atoms with E-state index in [2.05, 4.69) is 31.3 Å². The number of hydrogen-bond acceptors (Lipinski definition) is 1. The quantitative estimate of drug-likeness (QED) is 0.802. The van der Waals surface area contributed by atoms with Crippen LogP contribution in [-0.2, 0) is 0 Å². The molecule has 0 saturated heterocycles. The fraction of sp³-hybridized carbons (Fsp3) is 0.333. The van der Waals surface area contributed by atoms with Crippen molar-refractivity contribution in [3.8, 4) is 0 Å². The first kappa shape index (κ1) is 11.3. The Morgan fingerprint density at radius 1 is 1.29 bits per heavy atom. The third-order valence-electron chi connectivity index (χ3n) is 1.82. The van der Waals surface area contributed by atoms with Gasteiger partial charge >= 0.3 is 0 Å². The molecule has 0 aromatic heterocycles. The predicted octanol–water partition coefficient (Wildman–Crippen LogP) is 3.35. The van der Waals surface area contributed by atoms with Gasteiger partial charge in [0.2, 0.25) is 0 Å². The highest BCUT2D eigenvalue weighted by molar-refractivity contribution is 6.30. The fourth-order valence-electron chi connectivity index (χ4n) is 1.07. The summed E-state index contributed by atoms with van der Waals surface area (Å²) in [6.07, 6.45) is 4.20. The Kier molecular flexibility index (Phi) is 4.71. The van der Waals surface area contributed by atoms with Crippen molar-refractivity contribution in [2.75, 3.05) is 6.54 Å². The van der Waals surface area contributed by atoms with Gasteiger partial charge in [-0.1, -0.05) is 49.7 Å². The first-order valence-corrected chi connectivity index (χ1v) is 5.22. The molecule has 1 N–H and O–H groups in total. The summed E-state index contributed by atoms with van der Waals surface area (Å²) in [6.45, 7) is 5.17. The van der Waals surface area contributed by atoms with Gasteiger partial charge in [0.25, 0.3) is 0 Å². The maximum Gasteiger partial charge on any atom is 0.0406 e. The van der Waals surface area contributed by atoms with Crippen LogP contribution in [0.4, 0.5) is 0 Å². The Balaban J connectivity index is 2.40. The second kappa shape index (κ2) is 5.84. The van der Waals surface area contributed by atoms with E-state index in [1.807, 2.05) is 24.3 Å². The van der Waals surface area contributed by atoms with Crippen LogP contribution in [0, 0.1) is 0 Å². The van der Waals surface area contributed by atoms with Crippen molar-refractivity contribution in [3.05, 3.63) is 40.9 Å². The summed E-state index contributed by atoms with van der Waals surface area (Å²) in [5, 5.41) is 4.09. The molecule has 0 unspecified atom stereocenters. The summed E-state index contributed by atoms with van der Waals surface area (Å²) in [5.41, 5.74) is 1.18. The minimum Gasteiger partial charge on any atom is -0.311 e. The molecule has 0 amide bonds. The molecule has 0 aliphatic heterocycles. The van der Waals surface area contributed by atoms with Crippen LogP contribution in [0.15, 0.2) is 30.3 Å². The highest BCUT2D eigenvalue weighted by Gasteiger charge is 1.88. The molecule has 1 rings (SSSR count). The van der Waals surface area contributed by atoms with Crippen LogP contribution in [0.25, 0.3) is 6.08 Å². The van der Waals surface area contributed by atoms with E-state index in [1.54, 1.807) is 0 Å². The molecule has 1 aromatic carbocycles. The molecule has 76 valence electrons. The number of rotatable bonds is 4. The summed E-state index contributed by atoms with van der Waals surface area (Å²) < 4.78 is 0. The second-order valence-corrected chi connectivity index (χ2v) is 3.95. The molecule has 0 fully saturated rings. The molecule has 0 radical (unpaired) electrons. The van der Waals surface area contributed by atoms with E-state index in [0.717, 1.165) is 11.6 Å². The van der Waals surface area contributed by atoms with Gasteiger partial charge < -0.3 is 5.32 Å². The minimum absolute atomic E-state index is 0.532. The standard InChI is InChI=1S/C12H16ClN/c1-10(2)14-9-3-4-11-5-7-12(13)8-6-11/h3-8,10,14H,9H2,1-2H3/b4-3+. The number of nitrogens with one attached hydrogen (secondary N) is 1.